The summed E-state index contributed by atoms with van der Waals surface area (Å²) in [5.41, 5.74) is 5.38. The Balaban J connectivity index is 3.33. The summed E-state index contributed by atoms with van der Waals surface area (Å²) in [6.07, 6.45) is 2.73. The van der Waals surface area contributed by atoms with E-state index in [0.29, 0.717) is 5.92 Å². The molecule has 0 aliphatic carbocycles. The van der Waals surface area contributed by atoms with Gasteiger partial charge in [-0.15, -0.1) is 0 Å². The van der Waals surface area contributed by atoms with Gasteiger partial charge in [-0.25, -0.2) is 0 Å². The molecule has 0 aliphatic heterocycles. The summed E-state index contributed by atoms with van der Waals surface area (Å²) in [6.45, 7) is 4.20. The normalized spacial score (nSPS) is 16.8. The molecule has 0 radical (unpaired) electrons. The molecule has 0 aromatic rings. The second-order valence-corrected chi connectivity index (χ2v) is 2.55. The summed E-state index contributed by atoms with van der Waals surface area (Å²) in [7, 11) is 0. The molecule has 2 heteroatoms. The molecule has 2 atom stereocenters. The van der Waals surface area contributed by atoms with Crippen molar-refractivity contribution in [2.45, 2.75) is 32.7 Å². The van der Waals surface area contributed by atoms with Crippen molar-refractivity contribution < 1.29 is 4.79 Å². The van der Waals surface area contributed by atoms with Gasteiger partial charge >= 0.3 is 0 Å². The highest BCUT2D eigenvalue weighted by molar-refractivity contribution is 5.56. The smallest absolute Gasteiger partial charge is 0.136 e. The molecule has 0 fully saturated rings. The van der Waals surface area contributed by atoms with E-state index in [-0.39, 0.29) is 6.04 Å². The van der Waals surface area contributed by atoms with E-state index in [9.17, 15) is 4.79 Å². The molecular formula is C7H15NO. The van der Waals surface area contributed by atoms with Crippen molar-refractivity contribution in [3.05, 3.63) is 0 Å². The monoisotopic (exact) mass is 129 g/mol. The highest BCUT2D eigenvalue weighted by Crippen LogP contribution is 2.06. The standard InChI is InChI=1S/C7H15NO/c1-3-6(2)4-7(8)5-9/h5-7H,3-4,8H2,1-2H3. The molecule has 0 bridgehead atoms. The Labute approximate surface area is 56.4 Å². The number of carbonyl (C=O) groups excluding carboxylic acids is 1. The highest BCUT2D eigenvalue weighted by Gasteiger charge is 2.04. The summed E-state index contributed by atoms with van der Waals surface area (Å²) in [6, 6.07) is -0.250. The number of carbonyl (C=O) groups is 1. The topological polar surface area (TPSA) is 43.1 Å². The van der Waals surface area contributed by atoms with Crippen LogP contribution in [0.1, 0.15) is 26.7 Å². The first kappa shape index (κ1) is 8.63. The third-order valence-corrected chi connectivity index (χ3v) is 1.55. The third-order valence-electron chi connectivity index (χ3n) is 1.55. The first-order valence-electron chi connectivity index (χ1n) is 3.41. The first-order chi connectivity index (χ1) is 4.20. The zero-order chi connectivity index (χ0) is 7.28. The summed E-state index contributed by atoms with van der Waals surface area (Å²) in [5, 5.41) is 0. The van der Waals surface area contributed by atoms with Gasteiger partial charge in [-0.3, -0.25) is 0 Å². The molecule has 2 N–H and O–H groups in total. The molecular weight excluding hydrogens is 114 g/mol. The fraction of sp³-hybridized carbons (Fsp3) is 0.857. The van der Waals surface area contributed by atoms with Crippen LogP contribution in [-0.4, -0.2) is 12.3 Å². The highest BCUT2D eigenvalue weighted by atomic mass is 16.1. The van der Waals surface area contributed by atoms with Gasteiger partial charge in [0.1, 0.15) is 6.29 Å². The Hall–Kier alpha value is -0.370. The van der Waals surface area contributed by atoms with Crippen LogP contribution >= 0.6 is 0 Å². The van der Waals surface area contributed by atoms with Crippen LogP contribution in [0.15, 0.2) is 0 Å². The number of rotatable bonds is 4. The van der Waals surface area contributed by atoms with E-state index in [2.05, 4.69) is 13.8 Å². The van der Waals surface area contributed by atoms with E-state index in [1.54, 1.807) is 0 Å². The van der Waals surface area contributed by atoms with Crippen LogP contribution in [0, 0.1) is 5.92 Å². The summed E-state index contributed by atoms with van der Waals surface area (Å²) in [4.78, 5) is 10.0. The molecule has 0 amide bonds. The lowest BCUT2D eigenvalue weighted by atomic mass is 10.0. The van der Waals surface area contributed by atoms with Crippen LogP contribution in [0.3, 0.4) is 0 Å². The minimum atomic E-state index is -0.250. The predicted molar refractivity (Wildman–Crippen MR) is 38.1 cm³/mol. The van der Waals surface area contributed by atoms with Crippen molar-refractivity contribution in [1.82, 2.24) is 0 Å². The first-order valence-corrected chi connectivity index (χ1v) is 3.41. The van der Waals surface area contributed by atoms with E-state index in [4.69, 9.17) is 5.73 Å². The Kier molecular flexibility index (Phi) is 4.32. The minimum Gasteiger partial charge on any atom is -0.322 e. The van der Waals surface area contributed by atoms with Crippen LogP contribution in [0.4, 0.5) is 0 Å². The van der Waals surface area contributed by atoms with Gasteiger partial charge in [0.25, 0.3) is 0 Å². The van der Waals surface area contributed by atoms with Gasteiger partial charge in [0.15, 0.2) is 0 Å². The SMILES string of the molecule is CCC(C)CC(N)C=O. The maximum atomic E-state index is 10.0. The predicted octanol–water partition coefficient (Wildman–Crippen LogP) is 0.949. The van der Waals surface area contributed by atoms with Gasteiger partial charge in [0.2, 0.25) is 0 Å². The molecule has 9 heavy (non-hydrogen) atoms. The Morgan fingerprint density at radius 3 is 2.56 bits per heavy atom. The van der Waals surface area contributed by atoms with Crippen molar-refractivity contribution in [2.75, 3.05) is 0 Å². The van der Waals surface area contributed by atoms with E-state index in [1.807, 2.05) is 0 Å². The van der Waals surface area contributed by atoms with Crippen molar-refractivity contribution in [1.29, 1.82) is 0 Å². The zero-order valence-corrected chi connectivity index (χ0v) is 6.13. The Morgan fingerprint density at radius 2 is 2.22 bits per heavy atom. The van der Waals surface area contributed by atoms with Crippen molar-refractivity contribution >= 4 is 6.29 Å². The van der Waals surface area contributed by atoms with Crippen LogP contribution in [0.2, 0.25) is 0 Å². The van der Waals surface area contributed by atoms with E-state index < -0.39 is 0 Å². The molecule has 0 aromatic heterocycles. The van der Waals surface area contributed by atoms with Crippen LogP contribution in [0.25, 0.3) is 0 Å². The van der Waals surface area contributed by atoms with Gasteiger partial charge in [0, 0.05) is 0 Å². The van der Waals surface area contributed by atoms with Crippen LogP contribution < -0.4 is 5.73 Å². The van der Waals surface area contributed by atoms with Crippen molar-refractivity contribution in [3.63, 3.8) is 0 Å². The van der Waals surface area contributed by atoms with Gasteiger partial charge < -0.3 is 10.5 Å². The van der Waals surface area contributed by atoms with Gasteiger partial charge in [-0.05, 0) is 12.3 Å². The third kappa shape index (κ3) is 4.15. The average Bonchev–Trinajstić information content (AvgIpc) is 1.87. The molecule has 0 rings (SSSR count). The number of hydrogen-bond acceptors (Lipinski definition) is 2. The van der Waals surface area contributed by atoms with Crippen molar-refractivity contribution in [3.8, 4) is 0 Å². The molecule has 2 nitrogen and oxygen atoms in total. The van der Waals surface area contributed by atoms with Gasteiger partial charge in [0.05, 0.1) is 6.04 Å². The lowest BCUT2D eigenvalue weighted by Gasteiger charge is -2.08. The molecule has 0 saturated carbocycles. The molecule has 0 aromatic carbocycles. The molecule has 0 aliphatic rings. The largest absolute Gasteiger partial charge is 0.322 e. The Bertz CT molecular complexity index is 83.0. The summed E-state index contributed by atoms with van der Waals surface area (Å²) in [5.74, 6) is 0.574. The lowest BCUT2D eigenvalue weighted by Crippen LogP contribution is -2.23. The summed E-state index contributed by atoms with van der Waals surface area (Å²) >= 11 is 0. The maximum Gasteiger partial charge on any atom is 0.136 e. The second-order valence-electron chi connectivity index (χ2n) is 2.55. The minimum absolute atomic E-state index is 0.250. The zero-order valence-electron chi connectivity index (χ0n) is 6.13. The number of aldehydes is 1. The maximum absolute atomic E-state index is 10.0. The van der Waals surface area contributed by atoms with E-state index in [1.165, 1.54) is 0 Å². The average molecular weight is 129 g/mol. The quantitative estimate of drug-likeness (QED) is 0.574. The second kappa shape index (κ2) is 4.50. The molecule has 2 unspecified atom stereocenters. The van der Waals surface area contributed by atoms with Crippen molar-refractivity contribution in [2.24, 2.45) is 11.7 Å². The van der Waals surface area contributed by atoms with Crippen LogP contribution in [0.5, 0.6) is 0 Å². The van der Waals surface area contributed by atoms with Gasteiger partial charge in [-0.2, -0.15) is 0 Å². The number of hydrogen-bond donors (Lipinski definition) is 1. The molecule has 0 spiro atoms. The fourth-order valence-electron chi connectivity index (χ4n) is 0.687. The Morgan fingerprint density at radius 1 is 1.67 bits per heavy atom. The molecule has 0 heterocycles. The van der Waals surface area contributed by atoms with E-state index in [0.717, 1.165) is 19.1 Å². The van der Waals surface area contributed by atoms with E-state index >= 15 is 0 Å². The number of nitrogens with two attached hydrogens (primary N) is 1. The van der Waals surface area contributed by atoms with Crippen LogP contribution in [-0.2, 0) is 4.79 Å². The molecule has 54 valence electrons. The molecule has 0 saturated heterocycles. The fourth-order valence-corrected chi connectivity index (χ4v) is 0.687. The summed E-state index contributed by atoms with van der Waals surface area (Å²) < 4.78 is 0. The van der Waals surface area contributed by atoms with Gasteiger partial charge in [-0.1, -0.05) is 20.3 Å². The lowest BCUT2D eigenvalue weighted by molar-refractivity contribution is -0.109.